The average molecular weight is 597 g/mol. The van der Waals surface area contributed by atoms with E-state index in [1.807, 2.05) is 43.3 Å². The van der Waals surface area contributed by atoms with E-state index in [4.69, 9.17) is 30.8 Å². The van der Waals surface area contributed by atoms with Gasteiger partial charge in [0.1, 0.15) is 6.10 Å². The van der Waals surface area contributed by atoms with Gasteiger partial charge < -0.3 is 24.5 Å². The summed E-state index contributed by atoms with van der Waals surface area (Å²) in [6, 6.07) is 17.1. The Kier molecular flexibility index (Phi) is 8.28. The molecule has 2 atom stereocenters. The minimum absolute atomic E-state index is 0.117. The second kappa shape index (κ2) is 12.1. The van der Waals surface area contributed by atoms with Gasteiger partial charge in [-0.25, -0.2) is 13.4 Å². The summed E-state index contributed by atoms with van der Waals surface area (Å²) in [5.41, 5.74) is 4.55. The number of nitrogens with zero attached hydrogens (tertiary/aromatic N) is 2. The molecular formula is C30H33ClN4O5S. The summed E-state index contributed by atoms with van der Waals surface area (Å²) in [5.74, 6) is 0. The lowest BCUT2D eigenvalue weighted by Gasteiger charge is -2.22. The molecule has 9 nitrogen and oxygen atoms in total. The number of imidazole rings is 1. The second-order valence-electron chi connectivity index (χ2n) is 10.6. The molecule has 6 rings (SSSR count). The third-order valence-electron chi connectivity index (χ3n) is 7.57. The summed E-state index contributed by atoms with van der Waals surface area (Å²) in [7, 11) is -3.33. The van der Waals surface area contributed by atoms with Crippen molar-refractivity contribution in [3.8, 4) is 28.4 Å². The van der Waals surface area contributed by atoms with Crippen LogP contribution >= 0.6 is 11.6 Å². The van der Waals surface area contributed by atoms with Crippen molar-refractivity contribution >= 4 is 32.6 Å². The van der Waals surface area contributed by atoms with Gasteiger partial charge in [0, 0.05) is 12.2 Å². The minimum Gasteiger partial charge on any atom is -0.459 e. The zero-order chi connectivity index (χ0) is 28.4. The number of piperidine rings is 1. The van der Waals surface area contributed by atoms with Crippen LogP contribution in [0.25, 0.3) is 33.5 Å². The lowest BCUT2D eigenvalue weighted by Crippen LogP contribution is -2.35. The Balaban J connectivity index is 1.14. The summed E-state index contributed by atoms with van der Waals surface area (Å²) in [6.45, 7) is 5.20. The quantitative estimate of drug-likeness (QED) is 0.276. The minimum atomic E-state index is -3.33. The zero-order valence-electron chi connectivity index (χ0n) is 22.8. The summed E-state index contributed by atoms with van der Waals surface area (Å²) >= 11 is 6.61. The van der Waals surface area contributed by atoms with Gasteiger partial charge >= 0.3 is 0 Å². The van der Waals surface area contributed by atoms with Gasteiger partial charge in [0.25, 0.3) is 6.01 Å². The van der Waals surface area contributed by atoms with Crippen LogP contribution in [0, 0.1) is 0 Å². The normalized spacial score (nSPS) is 19.0. The van der Waals surface area contributed by atoms with E-state index in [9.17, 15) is 8.42 Å². The molecule has 2 aliphatic heterocycles. The number of H-pyrrole nitrogens is 1. The fourth-order valence-corrected chi connectivity index (χ4v) is 7.27. The molecule has 0 amide bonds. The first kappa shape index (κ1) is 28.1. The van der Waals surface area contributed by atoms with Crippen LogP contribution in [0.5, 0.6) is 6.01 Å². The molecule has 41 heavy (non-hydrogen) atoms. The average Bonchev–Trinajstić information content (AvgIpc) is 3.66. The first-order chi connectivity index (χ1) is 19.9. The highest BCUT2D eigenvalue weighted by molar-refractivity contribution is 7.92. The molecule has 216 valence electrons. The van der Waals surface area contributed by atoms with Crippen LogP contribution in [0.1, 0.15) is 26.2 Å². The fraction of sp³-hybridized carbons (Fsp3) is 0.400. The number of aromatic nitrogens is 3. The number of nitrogens with one attached hydrogen (secondary N) is 2. The number of halogens is 1. The van der Waals surface area contributed by atoms with Crippen LogP contribution in [-0.2, 0) is 19.3 Å². The highest BCUT2D eigenvalue weighted by Gasteiger charge is 2.28. The van der Waals surface area contributed by atoms with Crippen molar-refractivity contribution < 1.29 is 22.6 Å². The number of ether oxygens (including phenoxy) is 3. The van der Waals surface area contributed by atoms with Crippen LogP contribution in [0.2, 0.25) is 5.02 Å². The summed E-state index contributed by atoms with van der Waals surface area (Å²) in [4.78, 5) is 12.7. The highest BCUT2D eigenvalue weighted by Crippen LogP contribution is 2.32. The zero-order valence-corrected chi connectivity index (χ0v) is 24.4. The Morgan fingerprint density at radius 2 is 1.68 bits per heavy atom. The van der Waals surface area contributed by atoms with Crippen LogP contribution < -0.4 is 10.1 Å². The van der Waals surface area contributed by atoms with Gasteiger partial charge in [-0.15, -0.1) is 0 Å². The fourth-order valence-electron chi connectivity index (χ4n) is 5.25. The van der Waals surface area contributed by atoms with Crippen LogP contribution in [0.4, 0.5) is 0 Å². The van der Waals surface area contributed by atoms with E-state index in [0.29, 0.717) is 58.8 Å². The van der Waals surface area contributed by atoms with Crippen LogP contribution in [-0.4, -0.2) is 73.7 Å². The van der Waals surface area contributed by atoms with E-state index in [2.05, 4.69) is 15.3 Å². The van der Waals surface area contributed by atoms with E-state index >= 15 is 0 Å². The second-order valence-corrected chi connectivity index (χ2v) is 13.2. The number of benzene rings is 2. The van der Waals surface area contributed by atoms with Gasteiger partial charge in [-0.05, 0) is 68.6 Å². The molecule has 2 N–H and O–H groups in total. The highest BCUT2D eigenvalue weighted by atomic mass is 35.5. The van der Waals surface area contributed by atoms with Crippen LogP contribution in [0.15, 0.2) is 59.5 Å². The van der Waals surface area contributed by atoms with Gasteiger partial charge in [0.2, 0.25) is 0 Å². The molecule has 1 unspecified atom stereocenters. The number of fused-ring (bicyclic) bond motifs is 1. The molecule has 4 aromatic rings. The van der Waals surface area contributed by atoms with Crippen molar-refractivity contribution in [2.75, 3.05) is 32.9 Å². The summed E-state index contributed by atoms with van der Waals surface area (Å²) < 4.78 is 43.1. The van der Waals surface area contributed by atoms with Crippen LogP contribution in [0.3, 0.4) is 0 Å². The van der Waals surface area contributed by atoms with Crippen molar-refractivity contribution in [1.29, 1.82) is 0 Å². The SMILES string of the molecule is CC(CO[C@@H]1CCOC1)Oc1nc2nc(-c3ccc(-c4ccc(S(=O)(=O)C5CCNCC5)cc4)cc3)c(Cl)cc2[nH]1. The third kappa shape index (κ3) is 6.27. The summed E-state index contributed by atoms with van der Waals surface area (Å²) in [6.07, 6.45) is 2.11. The number of pyridine rings is 1. The molecule has 2 saturated heterocycles. The Morgan fingerprint density at radius 3 is 2.37 bits per heavy atom. The number of sulfone groups is 1. The van der Waals surface area contributed by atoms with Crippen molar-refractivity contribution in [2.24, 2.45) is 0 Å². The van der Waals surface area contributed by atoms with Crippen molar-refractivity contribution in [2.45, 2.75) is 48.5 Å². The molecule has 0 aliphatic carbocycles. The Labute approximate surface area is 244 Å². The topological polar surface area (TPSA) is 115 Å². The number of hydrogen-bond acceptors (Lipinski definition) is 8. The lowest BCUT2D eigenvalue weighted by atomic mass is 10.0. The molecular weight excluding hydrogens is 564 g/mol. The molecule has 2 fully saturated rings. The predicted octanol–water partition coefficient (Wildman–Crippen LogP) is 5.04. The smallest absolute Gasteiger partial charge is 0.296 e. The molecule has 0 spiro atoms. The maximum atomic E-state index is 13.0. The molecule has 4 heterocycles. The maximum absolute atomic E-state index is 13.0. The monoisotopic (exact) mass is 596 g/mol. The van der Waals surface area contributed by atoms with Gasteiger partial charge in [0.05, 0.1) is 45.7 Å². The van der Waals surface area contributed by atoms with E-state index in [-0.39, 0.29) is 17.5 Å². The molecule has 2 aromatic heterocycles. The molecule has 0 radical (unpaired) electrons. The number of aromatic amines is 1. The maximum Gasteiger partial charge on any atom is 0.296 e. The number of hydrogen-bond donors (Lipinski definition) is 2. The predicted molar refractivity (Wildman–Crippen MR) is 158 cm³/mol. The largest absolute Gasteiger partial charge is 0.459 e. The molecule has 11 heteroatoms. The Bertz CT molecular complexity index is 1600. The van der Waals surface area contributed by atoms with Gasteiger partial charge in [-0.2, -0.15) is 4.98 Å². The first-order valence-corrected chi connectivity index (χ1v) is 15.9. The molecule has 2 aromatic carbocycles. The lowest BCUT2D eigenvalue weighted by molar-refractivity contribution is -0.000416. The van der Waals surface area contributed by atoms with Crippen molar-refractivity contribution in [3.05, 3.63) is 59.6 Å². The van der Waals surface area contributed by atoms with Crippen molar-refractivity contribution in [1.82, 2.24) is 20.3 Å². The molecule has 0 saturated carbocycles. The summed E-state index contributed by atoms with van der Waals surface area (Å²) in [5, 5.41) is 3.39. The van der Waals surface area contributed by atoms with Gasteiger partial charge in [-0.1, -0.05) is 48.0 Å². The van der Waals surface area contributed by atoms with Gasteiger partial charge in [0.15, 0.2) is 15.5 Å². The Morgan fingerprint density at radius 1 is 1.00 bits per heavy atom. The first-order valence-electron chi connectivity index (χ1n) is 13.9. The third-order valence-corrected chi connectivity index (χ3v) is 10.1. The molecule has 2 aliphatic rings. The Hall–Kier alpha value is -3.02. The van der Waals surface area contributed by atoms with Crippen molar-refractivity contribution in [3.63, 3.8) is 0 Å². The van der Waals surface area contributed by atoms with E-state index < -0.39 is 9.84 Å². The standard InChI is InChI=1S/C30H33ClN4O5S/c1-19(17-39-23-12-15-38-18-23)40-30-33-27-16-26(31)28(34-29(27)35-30)22-4-2-20(3-5-22)21-6-8-24(9-7-21)41(36,37)25-10-13-32-14-11-25/h2-9,16,19,23,25,32H,10-15,17-18H2,1H3,(H,33,34,35)/t19?,23-/m1/s1. The van der Waals surface area contributed by atoms with Gasteiger partial charge in [-0.3, -0.25) is 0 Å². The van der Waals surface area contributed by atoms with E-state index in [1.165, 1.54) is 0 Å². The number of rotatable bonds is 9. The van der Waals surface area contributed by atoms with E-state index in [1.54, 1.807) is 18.2 Å². The molecule has 0 bridgehead atoms. The van der Waals surface area contributed by atoms with E-state index in [0.717, 1.165) is 42.8 Å².